The van der Waals surface area contributed by atoms with Crippen molar-refractivity contribution in [3.8, 4) is 0 Å². The van der Waals surface area contributed by atoms with Crippen LogP contribution in [0.4, 0.5) is 0 Å². The van der Waals surface area contributed by atoms with Gasteiger partial charge in [0.25, 0.3) is 0 Å². The maximum Gasteiger partial charge on any atom is 0.0432 e. The van der Waals surface area contributed by atoms with Crippen molar-refractivity contribution in [1.82, 2.24) is 5.32 Å². The average molecular weight is 338 g/mol. The summed E-state index contributed by atoms with van der Waals surface area (Å²) in [4.78, 5) is 0. The number of allylic oxidation sites excluding steroid dienone is 5. The second-order valence-corrected chi connectivity index (χ2v) is 10.3. The van der Waals surface area contributed by atoms with E-state index in [1.165, 1.54) is 44.1 Å². The van der Waals surface area contributed by atoms with Gasteiger partial charge < -0.3 is 5.32 Å². The summed E-state index contributed by atoms with van der Waals surface area (Å²) in [5, 5.41) is 4.24. The van der Waals surface area contributed by atoms with Crippen LogP contribution in [0, 0.1) is 28.6 Å². The number of hydrogen-bond acceptors (Lipinski definition) is 1. The molecular weight excluding hydrogens is 302 g/mol. The van der Waals surface area contributed by atoms with E-state index >= 15 is 0 Å². The zero-order valence-electron chi connectivity index (χ0n) is 16.6. The van der Waals surface area contributed by atoms with E-state index in [4.69, 9.17) is 0 Å². The van der Waals surface area contributed by atoms with Crippen LogP contribution in [0.5, 0.6) is 0 Å². The summed E-state index contributed by atoms with van der Waals surface area (Å²) in [6.07, 6.45) is 16.9. The minimum Gasteiger partial charge on any atom is -0.301 e. The molecule has 1 nitrogen and oxygen atoms in total. The summed E-state index contributed by atoms with van der Waals surface area (Å²) in [7, 11) is 0. The Hall–Kier alpha value is -0.820. The Labute approximate surface area is 154 Å². The number of rotatable bonds is 2. The average Bonchev–Trinajstić information content (AvgIpc) is 3.16. The van der Waals surface area contributed by atoms with Crippen LogP contribution < -0.4 is 5.32 Å². The van der Waals surface area contributed by atoms with E-state index in [0.29, 0.717) is 27.8 Å². The third-order valence-corrected chi connectivity index (χ3v) is 9.60. The summed E-state index contributed by atoms with van der Waals surface area (Å²) >= 11 is 0. The van der Waals surface area contributed by atoms with E-state index in [9.17, 15) is 0 Å². The van der Waals surface area contributed by atoms with Gasteiger partial charge in [0.1, 0.15) is 0 Å². The van der Waals surface area contributed by atoms with Crippen LogP contribution in [0.2, 0.25) is 0 Å². The predicted octanol–water partition coefficient (Wildman–Crippen LogP) is 5.79. The molecule has 25 heavy (non-hydrogen) atoms. The summed E-state index contributed by atoms with van der Waals surface area (Å²) in [5.41, 5.74) is 4.77. The molecule has 0 aromatic carbocycles. The Kier molecular flexibility index (Phi) is 3.09. The fourth-order valence-electron chi connectivity index (χ4n) is 8.21. The smallest absolute Gasteiger partial charge is 0.0432 e. The van der Waals surface area contributed by atoms with E-state index < -0.39 is 0 Å². The normalized spacial score (nSPS) is 55.5. The van der Waals surface area contributed by atoms with Crippen LogP contribution in [0.25, 0.3) is 0 Å². The third-order valence-electron chi connectivity index (χ3n) is 9.60. The summed E-state index contributed by atoms with van der Waals surface area (Å²) in [6, 6.07) is 0. The second-order valence-electron chi connectivity index (χ2n) is 10.3. The van der Waals surface area contributed by atoms with Crippen LogP contribution in [0.3, 0.4) is 0 Å². The van der Waals surface area contributed by atoms with Crippen molar-refractivity contribution in [3.63, 3.8) is 0 Å². The number of hydrogen-bond donors (Lipinski definition) is 1. The third kappa shape index (κ3) is 1.66. The molecule has 4 aliphatic carbocycles. The molecule has 7 atom stereocenters. The van der Waals surface area contributed by atoms with Gasteiger partial charge in [-0.15, -0.1) is 0 Å². The molecule has 2 spiro atoms. The van der Waals surface area contributed by atoms with Crippen molar-refractivity contribution in [2.75, 3.05) is 0 Å². The maximum atomic E-state index is 4.48. The fraction of sp³-hybridized carbons (Fsp3) is 0.750. The van der Waals surface area contributed by atoms with E-state index in [1.54, 1.807) is 5.57 Å². The van der Waals surface area contributed by atoms with Gasteiger partial charge in [-0.1, -0.05) is 63.6 Å². The molecule has 3 saturated carbocycles. The Balaban J connectivity index is 1.55. The molecule has 0 radical (unpaired) electrons. The first-order chi connectivity index (χ1) is 11.8. The molecular formula is C24H35N. The molecule has 4 fully saturated rings. The molecule has 5 rings (SSSR count). The van der Waals surface area contributed by atoms with E-state index in [1.807, 2.05) is 0 Å². The van der Waals surface area contributed by atoms with Gasteiger partial charge in [0, 0.05) is 16.5 Å². The van der Waals surface area contributed by atoms with Crippen LogP contribution in [0.15, 0.2) is 36.0 Å². The fourth-order valence-corrected chi connectivity index (χ4v) is 8.21. The zero-order valence-corrected chi connectivity index (χ0v) is 16.6. The quantitative estimate of drug-likeness (QED) is 0.500. The van der Waals surface area contributed by atoms with Crippen molar-refractivity contribution in [1.29, 1.82) is 0 Å². The van der Waals surface area contributed by atoms with Crippen molar-refractivity contribution < 1.29 is 0 Å². The van der Waals surface area contributed by atoms with Crippen LogP contribution in [0.1, 0.15) is 72.6 Å². The minimum absolute atomic E-state index is 0.294. The summed E-state index contributed by atoms with van der Waals surface area (Å²) in [6.45, 7) is 14.3. The monoisotopic (exact) mass is 337 g/mol. The van der Waals surface area contributed by atoms with E-state index in [-0.39, 0.29) is 0 Å². The van der Waals surface area contributed by atoms with Gasteiger partial charge in [-0.25, -0.2) is 0 Å². The Morgan fingerprint density at radius 2 is 2.04 bits per heavy atom. The lowest BCUT2D eigenvalue weighted by molar-refractivity contribution is 0.0473. The molecule has 0 bridgehead atoms. The lowest BCUT2D eigenvalue weighted by atomic mass is 9.47. The molecule has 136 valence electrons. The summed E-state index contributed by atoms with van der Waals surface area (Å²) < 4.78 is 0. The van der Waals surface area contributed by atoms with Crippen LogP contribution in [-0.4, -0.2) is 11.1 Å². The second kappa shape index (κ2) is 4.71. The van der Waals surface area contributed by atoms with Crippen molar-refractivity contribution in [2.45, 2.75) is 83.7 Å². The molecule has 1 N–H and O–H groups in total. The van der Waals surface area contributed by atoms with E-state index in [0.717, 1.165) is 18.3 Å². The predicted molar refractivity (Wildman–Crippen MR) is 105 cm³/mol. The van der Waals surface area contributed by atoms with E-state index in [2.05, 4.69) is 57.8 Å². The van der Waals surface area contributed by atoms with Gasteiger partial charge in [0.05, 0.1) is 0 Å². The van der Waals surface area contributed by atoms with Crippen LogP contribution >= 0.6 is 0 Å². The molecule has 1 saturated heterocycles. The minimum atomic E-state index is 0.294. The number of fused-ring (bicyclic) bond motifs is 2. The lowest BCUT2D eigenvalue weighted by Crippen LogP contribution is -2.55. The van der Waals surface area contributed by atoms with Gasteiger partial charge in [-0.05, 0) is 68.1 Å². The first kappa shape index (κ1) is 16.4. The lowest BCUT2D eigenvalue weighted by Gasteiger charge is -2.55. The van der Waals surface area contributed by atoms with Crippen molar-refractivity contribution in [2.24, 2.45) is 28.6 Å². The highest BCUT2D eigenvalue weighted by molar-refractivity contribution is 5.47. The maximum absolute atomic E-state index is 4.48. The molecule has 7 unspecified atom stereocenters. The molecule has 1 heterocycles. The summed E-state index contributed by atoms with van der Waals surface area (Å²) in [5.74, 6) is 2.14. The zero-order chi connectivity index (χ0) is 17.7. The molecule has 0 amide bonds. The highest BCUT2D eigenvalue weighted by Crippen LogP contribution is 2.76. The molecule has 0 aromatic rings. The van der Waals surface area contributed by atoms with Gasteiger partial charge in [0.15, 0.2) is 0 Å². The van der Waals surface area contributed by atoms with Gasteiger partial charge in [-0.3, -0.25) is 0 Å². The highest BCUT2D eigenvalue weighted by atomic mass is 15.3. The van der Waals surface area contributed by atoms with Crippen LogP contribution in [-0.2, 0) is 0 Å². The molecule has 1 aliphatic heterocycles. The standard InChI is InChI=1S/C24H35N/c1-6-17(3)19-9-14-24-22(19,5)12-10-20-21(4)11-7-16(2)15-18(21)8-13-23(20,24)25-24/h7,11,15-16,19-20,25H,3,6,8-10,12-14H2,1-2,4-5H3. The number of nitrogens with one attached hydrogen (secondary N) is 1. The first-order valence-corrected chi connectivity index (χ1v) is 10.7. The Morgan fingerprint density at radius 1 is 1.24 bits per heavy atom. The Bertz CT molecular complexity index is 701. The molecule has 1 heteroatoms. The largest absolute Gasteiger partial charge is 0.301 e. The van der Waals surface area contributed by atoms with Gasteiger partial charge >= 0.3 is 0 Å². The van der Waals surface area contributed by atoms with Gasteiger partial charge in [0.2, 0.25) is 0 Å². The van der Waals surface area contributed by atoms with Crippen molar-refractivity contribution >= 4 is 0 Å². The molecule has 5 aliphatic rings. The highest BCUT2D eigenvalue weighted by Gasteiger charge is 2.83. The van der Waals surface area contributed by atoms with Gasteiger partial charge in [-0.2, -0.15) is 0 Å². The van der Waals surface area contributed by atoms with Crippen molar-refractivity contribution in [3.05, 3.63) is 36.0 Å². The SMILES string of the molecule is C=C(CC)C1CCC23NC24CCC2=CC(C)C=CC2(C)C4CCC13C. The topological polar surface area (TPSA) is 21.9 Å². The Morgan fingerprint density at radius 3 is 2.80 bits per heavy atom. The first-order valence-electron chi connectivity index (χ1n) is 10.7. The molecule has 0 aromatic heterocycles.